The van der Waals surface area contributed by atoms with Gasteiger partial charge in [0.1, 0.15) is 5.82 Å². The molecule has 148 valence electrons. The van der Waals surface area contributed by atoms with E-state index in [4.69, 9.17) is 9.97 Å². The van der Waals surface area contributed by atoms with Gasteiger partial charge in [-0.15, -0.1) is 0 Å². The average Bonchev–Trinajstić information content (AvgIpc) is 3.21. The van der Waals surface area contributed by atoms with Crippen LogP contribution in [0.5, 0.6) is 0 Å². The first-order valence-electron chi connectivity index (χ1n) is 10.7. The highest BCUT2D eigenvalue weighted by Crippen LogP contribution is 2.42. The molecule has 1 saturated carbocycles. The molecule has 6 heteroatoms. The number of rotatable bonds is 5. The second-order valence-corrected chi connectivity index (χ2v) is 8.53. The highest BCUT2D eigenvalue weighted by molar-refractivity contribution is 5.73. The topological polar surface area (TPSA) is 70.2 Å². The van der Waals surface area contributed by atoms with Crippen LogP contribution in [0.1, 0.15) is 74.5 Å². The van der Waals surface area contributed by atoms with Crippen molar-refractivity contribution in [3.63, 3.8) is 0 Å². The van der Waals surface area contributed by atoms with Gasteiger partial charge in [0.15, 0.2) is 0 Å². The SMILES string of the molecule is CCNC(=O)NC[C@H]1C[C@H]2CCN1C[C@@H]2c1cc(C2CCCC2)nc(C)n1. The second-order valence-electron chi connectivity index (χ2n) is 8.53. The van der Waals surface area contributed by atoms with Crippen molar-refractivity contribution >= 4 is 6.03 Å². The molecule has 27 heavy (non-hydrogen) atoms. The van der Waals surface area contributed by atoms with Crippen molar-refractivity contribution in [3.8, 4) is 0 Å². The van der Waals surface area contributed by atoms with Crippen LogP contribution in [0.15, 0.2) is 6.07 Å². The van der Waals surface area contributed by atoms with Gasteiger partial charge in [0, 0.05) is 48.9 Å². The molecule has 0 radical (unpaired) electrons. The third-order valence-corrected chi connectivity index (χ3v) is 6.75. The van der Waals surface area contributed by atoms with Crippen LogP contribution in [-0.4, -0.2) is 53.1 Å². The molecule has 1 aromatic rings. The molecule has 1 unspecified atom stereocenters. The number of amides is 2. The van der Waals surface area contributed by atoms with Crippen LogP contribution >= 0.6 is 0 Å². The Kier molecular flexibility index (Phi) is 5.62. The van der Waals surface area contributed by atoms with Gasteiger partial charge >= 0.3 is 6.03 Å². The van der Waals surface area contributed by atoms with Crippen LogP contribution in [0.2, 0.25) is 0 Å². The molecule has 3 aliphatic heterocycles. The van der Waals surface area contributed by atoms with E-state index in [9.17, 15) is 4.79 Å². The summed E-state index contributed by atoms with van der Waals surface area (Å²) in [6, 6.07) is 2.72. The molecule has 4 heterocycles. The van der Waals surface area contributed by atoms with Crippen LogP contribution in [-0.2, 0) is 0 Å². The monoisotopic (exact) mass is 371 g/mol. The predicted octanol–water partition coefficient (Wildman–Crippen LogP) is 2.94. The Morgan fingerprint density at radius 2 is 1.96 bits per heavy atom. The van der Waals surface area contributed by atoms with E-state index in [2.05, 4.69) is 21.6 Å². The predicted molar refractivity (Wildman–Crippen MR) is 106 cm³/mol. The van der Waals surface area contributed by atoms with E-state index in [-0.39, 0.29) is 6.03 Å². The fourth-order valence-electron chi connectivity index (χ4n) is 5.35. The average molecular weight is 372 g/mol. The largest absolute Gasteiger partial charge is 0.338 e. The molecule has 2 bridgehead atoms. The second kappa shape index (κ2) is 8.13. The number of fused-ring (bicyclic) bond motifs is 3. The summed E-state index contributed by atoms with van der Waals surface area (Å²) < 4.78 is 0. The number of nitrogens with one attached hydrogen (secondary N) is 2. The molecule has 4 fully saturated rings. The number of aryl methyl sites for hydroxylation is 1. The van der Waals surface area contributed by atoms with Crippen molar-refractivity contribution in [2.45, 2.75) is 70.3 Å². The van der Waals surface area contributed by atoms with Crippen molar-refractivity contribution < 1.29 is 4.79 Å². The lowest BCUT2D eigenvalue weighted by Crippen LogP contribution is -2.56. The number of carbonyl (C=O) groups excluding carboxylic acids is 1. The number of carbonyl (C=O) groups is 1. The van der Waals surface area contributed by atoms with Gasteiger partial charge in [-0.1, -0.05) is 12.8 Å². The Bertz CT molecular complexity index is 673. The lowest BCUT2D eigenvalue weighted by atomic mass is 9.74. The minimum absolute atomic E-state index is 0.0515. The van der Waals surface area contributed by atoms with Crippen molar-refractivity contribution in [1.82, 2.24) is 25.5 Å². The number of aromatic nitrogens is 2. The lowest BCUT2D eigenvalue weighted by molar-refractivity contribution is 0.0304. The number of nitrogens with zero attached hydrogens (tertiary/aromatic N) is 3. The van der Waals surface area contributed by atoms with Gasteiger partial charge < -0.3 is 10.6 Å². The third-order valence-electron chi connectivity index (χ3n) is 6.75. The van der Waals surface area contributed by atoms with E-state index in [1.807, 2.05) is 13.8 Å². The molecule has 0 aromatic carbocycles. The standard InChI is InChI=1S/C21H33N5O/c1-3-22-21(27)23-12-17-10-16-8-9-26(17)13-18(16)20-11-19(24-14(2)25-20)15-6-4-5-7-15/h11,15-18H,3-10,12-13H2,1-2H3,(H2,22,23,27)/t16-,17-,18+/m1/s1. The first-order valence-corrected chi connectivity index (χ1v) is 10.7. The zero-order chi connectivity index (χ0) is 18.8. The molecule has 2 N–H and O–H groups in total. The first-order chi connectivity index (χ1) is 13.1. The molecule has 4 aliphatic rings. The van der Waals surface area contributed by atoms with E-state index in [0.29, 0.717) is 30.3 Å². The summed E-state index contributed by atoms with van der Waals surface area (Å²) >= 11 is 0. The summed E-state index contributed by atoms with van der Waals surface area (Å²) in [6.45, 7) is 7.60. The Labute approximate surface area is 162 Å². The van der Waals surface area contributed by atoms with E-state index >= 15 is 0 Å². The van der Waals surface area contributed by atoms with E-state index in [1.165, 1.54) is 43.5 Å². The van der Waals surface area contributed by atoms with Crippen LogP contribution in [0, 0.1) is 12.8 Å². The highest BCUT2D eigenvalue weighted by atomic mass is 16.2. The fraction of sp³-hybridized carbons (Fsp3) is 0.762. The van der Waals surface area contributed by atoms with Gasteiger partial charge in [0.2, 0.25) is 0 Å². The Morgan fingerprint density at radius 3 is 2.67 bits per heavy atom. The Hall–Kier alpha value is -1.69. The van der Waals surface area contributed by atoms with Crippen molar-refractivity contribution in [3.05, 3.63) is 23.3 Å². The first kappa shape index (κ1) is 18.7. The zero-order valence-electron chi connectivity index (χ0n) is 16.7. The number of piperidine rings is 3. The smallest absolute Gasteiger partial charge is 0.314 e. The summed E-state index contributed by atoms with van der Waals surface area (Å²) in [6.07, 6.45) is 7.63. The van der Waals surface area contributed by atoms with Crippen molar-refractivity contribution in [1.29, 1.82) is 0 Å². The van der Waals surface area contributed by atoms with Gasteiger partial charge in [-0.3, -0.25) is 4.90 Å². The molecule has 2 amide bonds. The van der Waals surface area contributed by atoms with Gasteiger partial charge in [0.25, 0.3) is 0 Å². The Morgan fingerprint density at radius 1 is 1.19 bits per heavy atom. The fourth-order valence-corrected chi connectivity index (χ4v) is 5.35. The number of hydrogen-bond donors (Lipinski definition) is 2. The number of urea groups is 1. The van der Waals surface area contributed by atoms with Gasteiger partial charge in [-0.05, 0) is 58.1 Å². The summed E-state index contributed by atoms with van der Waals surface area (Å²) in [4.78, 5) is 23.9. The zero-order valence-corrected chi connectivity index (χ0v) is 16.7. The van der Waals surface area contributed by atoms with Crippen molar-refractivity contribution in [2.24, 2.45) is 5.92 Å². The quantitative estimate of drug-likeness (QED) is 0.835. The molecule has 3 saturated heterocycles. The normalized spacial score (nSPS) is 30.4. The molecule has 0 spiro atoms. The minimum Gasteiger partial charge on any atom is -0.338 e. The maximum Gasteiger partial charge on any atom is 0.314 e. The molecule has 1 aliphatic carbocycles. The minimum atomic E-state index is -0.0515. The Balaban J connectivity index is 1.44. The molecule has 1 aromatic heterocycles. The van der Waals surface area contributed by atoms with Crippen LogP contribution in [0.25, 0.3) is 0 Å². The summed E-state index contributed by atoms with van der Waals surface area (Å²) in [5.74, 6) is 2.75. The molecule has 4 atom stereocenters. The molecule has 6 nitrogen and oxygen atoms in total. The maximum absolute atomic E-state index is 11.7. The lowest BCUT2D eigenvalue weighted by Gasteiger charge is -2.49. The molecular formula is C21H33N5O. The van der Waals surface area contributed by atoms with E-state index < -0.39 is 0 Å². The molecule has 5 rings (SSSR count). The summed E-state index contributed by atoms with van der Waals surface area (Å²) in [5, 5.41) is 5.85. The van der Waals surface area contributed by atoms with Crippen LogP contribution in [0.4, 0.5) is 4.79 Å². The molecular weight excluding hydrogens is 338 g/mol. The van der Waals surface area contributed by atoms with Crippen molar-refractivity contribution in [2.75, 3.05) is 26.2 Å². The van der Waals surface area contributed by atoms with E-state index in [0.717, 1.165) is 31.9 Å². The van der Waals surface area contributed by atoms with E-state index in [1.54, 1.807) is 0 Å². The van der Waals surface area contributed by atoms with Crippen LogP contribution < -0.4 is 10.6 Å². The third kappa shape index (κ3) is 4.10. The maximum atomic E-state index is 11.7. The summed E-state index contributed by atoms with van der Waals surface area (Å²) in [7, 11) is 0. The van der Waals surface area contributed by atoms with Gasteiger partial charge in [-0.25, -0.2) is 14.8 Å². The number of hydrogen-bond acceptors (Lipinski definition) is 4. The summed E-state index contributed by atoms with van der Waals surface area (Å²) in [5.41, 5.74) is 2.54. The van der Waals surface area contributed by atoms with Gasteiger partial charge in [0.05, 0.1) is 0 Å². The highest BCUT2D eigenvalue weighted by Gasteiger charge is 2.41. The van der Waals surface area contributed by atoms with Crippen LogP contribution in [0.3, 0.4) is 0 Å². The van der Waals surface area contributed by atoms with Gasteiger partial charge in [-0.2, -0.15) is 0 Å².